The molecule has 1 amide bonds. The molecule has 1 fully saturated rings. The van der Waals surface area contributed by atoms with Gasteiger partial charge in [0.05, 0.1) is 0 Å². The van der Waals surface area contributed by atoms with Gasteiger partial charge < -0.3 is 9.47 Å². The average molecular weight is 304 g/mol. The molecule has 1 atom stereocenters. The van der Waals surface area contributed by atoms with Crippen molar-refractivity contribution >= 4 is 17.5 Å². The van der Waals surface area contributed by atoms with E-state index in [1.165, 1.54) is 5.56 Å². The van der Waals surface area contributed by atoms with Crippen LogP contribution in [0.1, 0.15) is 22.6 Å². The largest absolute Gasteiger partial charge is 0.336 e. The number of rotatable bonds is 3. The molecule has 1 saturated heterocycles. The lowest BCUT2D eigenvalue weighted by atomic mass is 9.99. The molecule has 1 aromatic heterocycles. The van der Waals surface area contributed by atoms with Crippen molar-refractivity contribution in [2.24, 2.45) is 13.0 Å². The molecule has 3 rings (SSSR count). The Morgan fingerprint density at radius 2 is 2.14 bits per heavy atom. The number of amides is 1. The molecule has 5 heteroatoms. The molecule has 0 bridgehead atoms. The maximum Gasteiger partial charge on any atom is 0.289 e. The van der Waals surface area contributed by atoms with Crippen LogP contribution >= 0.6 is 11.6 Å². The Labute approximate surface area is 129 Å². The van der Waals surface area contributed by atoms with Crippen LogP contribution < -0.4 is 0 Å². The lowest BCUT2D eigenvalue weighted by molar-refractivity contribution is 0.0771. The lowest BCUT2D eigenvalue weighted by Gasteiger charge is -2.16. The van der Waals surface area contributed by atoms with Crippen LogP contribution in [0.5, 0.6) is 0 Å². The maximum atomic E-state index is 12.4. The van der Waals surface area contributed by atoms with Crippen LogP contribution in [0.4, 0.5) is 0 Å². The summed E-state index contributed by atoms with van der Waals surface area (Å²) in [6.45, 7) is 1.61. The summed E-state index contributed by atoms with van der Waals surface area (Å²) in [4.78, 5) is 18.4. The van der Waals surface area contributed by atoms with Crippen molar-refractivity contribution in [3.8, 4) is 0 Å². The fraction of sp³-hybridized carbons (Fsp3) is 0.375. The predicted octanol–water partition coefficient (Wildman–Crippen LogP) is 2.78. The first kappa shape index (κ1) is 14.1. The summed E-state index contributed by atoms with van der Waals surface area (Å²) in [7, 11) is 1.85. The van der Waals surface area contributed by atoms with Crippen molar-refractivity contribution in [3.63, 3.8) is 0 Å². The van der Waals surface area contributed by atoms with Crippen molar-refractivity contribution in [2.75, 3.05) is 13.1 Å². The molecule has 110 valence electrons. The van der Waals surface area contributed by atoms with Crippen molar-refractivity contribution in [1.82, 2.24) is 14.5 Å². The Hall–Kier alpha value is -1.81. The molecule has 0 aliphatic carbocycles. The van der Waals surface area contributed by atoms with E-state index in [0.29, 0.717) is 11.7 Å². The van der Waals surface area contributed by atoms with E-state index >= 15 is 0 Å². The summed E-state index contributed by atoms with van der Waals surface area (Å²) in [6, 6.07) is 7.96. The van der Waals surface area contributed by atoms with Crippen LogP contribution in [0.2, 0.25) is 5.02 Å². The molecule has 1 aromatic carbocycles. The van der Waals surface area contributed by atoms with E-state index in [-0.39, 0.29) is 5.91 Å². The second kappa shape index (κ2) is 5.90. The number of nitrogens with zero attached hydrogens (tertiary/aromatic N) is 3. The van der Waals surface area contributed by atoms with Gasteiger partial charge in [-0.05, 0) is 36.5 Å². The molecule has 1 unspecified atom stereocenters. The topological polar surface area (TPSA) is 38.1 Å². The molecule has 2 aromatic rings. The summed E-state index contributed by atoms with van der Waals surface area (Å²) in [6.07, 6.45) is 5.49. The second-order valence-electron chi connectivity index (χ2n) is 5.60. The van der Waals surface area contributed by atoms with Crippen LogP contribution in [-0.4, -0.2) is 33.4 Å². The number of aromatic nitrogens is 2. The average Bonchev–Trinajstić information content (AvgIpc) is 3.10. The molecule has 2 heterocycles. The first-order valence-corrected chi connectivity index (χ1v) is 7.52. The summed E-state index contributed by atoms with van der Waals surface area (Å²) < 4.78 is 1.77. The van der Waals surface area contributed by atoms with Crippen molar-refractivity contribution in [1.29, 1.82) is 0 Å². The van der Waals surface area contributed by atoms with Gasteiger partial charge >= 0.3 is 0 Å². The van der Waals surface area contributed by atoms with E-state index < -0.39 is 0 Å². The molecule has 1 aliphatic rings. The van der Waals surface area contributed by atoms with Gasteiger partial charge in [0, 0.05) is 37.6 Å². The highest BCUT2D eigenvalue weighted by Crippen LogP contribution is 2.23. The summed E-state index contributed by atoms with van der Waals surface area (Å²) in [5.41, 5.74) is 1.27. The summed E-state index contributed by atoms with van der Waals surface area (Å²) >= 11 is 5.90. The first-order valence-electron chi connectivity index (χ1n) is 7.14. The Balaban J connectivity index is 1.62. The Bertz CT molecular complexity index is 635. The van der Waals surface area contributed by atoms with Crippen molar-refractivity contribution in [3.05, 3.63) is 53.1 Å². The molecule has 0 saturated carbocycles. The number of likely N-dealkylation sites (tertiary alicyclic amines) is 1. The lowest BCUT2D eigenvalue weighted by Crippen LogP contribution is -2.31. The maximum absolute atomic E-state index is 12.4. The van der Waals surface area contributed by atoms with Gasteiger partial charge in [-0.3, -0.25) is 4.79 Å². The van der Waals surface area contributed by atoms with Crippen LogP contribution in [0, 0.1) is 5.92 Å². The minimum atomic E-state index is 0.0288. The molecular weight excluding hydrogens is 286 g/mol. The smallest absolute Gasteiger partial charge is 0.289 e. The summed E-state index contributed by atoms with van der Waals surface area (Å²) in [5, 5.41) is 0.761. The van der Waals surface area contributed by atoms with Gasteiger partial charge in [-0.2, -0.15) is 0 Å². The Morgan fingerprint density at radius 1 is 1.38 bits per heavy atom. The zero-order valence-corrected chi connectivity index (χ0v) is 12.8. The molecule has 4 nitrogen and oxygen atoms in total. The van der Waals surface area contributed by atoms with E-state index in [1.807, 2.05) is 24.1 Å². The van der Waals surface area contributed by atoms with E-state index in [2.05, 4.69) is 17.1 Å². The minimum absolute atomic E-state index is 0.0288. The molecule has 0 radical (unpaired) electrons. The van der Waals surface area contributed by atoms with Gasteiger partial charge in [-0.25, -0.2) is 4.98 Å². The number of imidazole rings is 1. The normalized spacial score (nSPS) is 18.2. The van der Waals surface area contributed by atoms with Crippen molar-refractivity contribution in [2.45, 2.75) is 12.8 Å². The number of aryl methyl sites for hydroxylation is 1. The third-order valence-electron chi connectivity index (χ3n) is 4.02. The first-order chi connectivity index (χ1) is 10.1. The summed E-state index contributed by atoms with van der Waals surface area (Å²) in [5.74, 6) is 1.05. The molecule has 0 spiro atoms. The van der Waals surface area contributed by atoms with Gasteiger partial charge in [0.2, 0.25) is 0 Å². The van der Waals surface area contributed by atoms with Gasteiger partial charge in [0.25, 0.3) is 5.91 Å². The zero-order chi connectivity index (χ0) is 14.8. The fourth-order valence-corrected chi connectivity index (χ4v) is 2.98. The third kappa shape index (κ3) is 3.10. The highest BCUT2D eigenvalue weighted by Gasteiger charge is 2.28. The van der Waals surface area contributed by atoms with Gasteiger partial charge in [-0.1, -0.05) is 23.7 Å². The zero-order valence-electron chi connectivity index (χ0n) is 12.0. The van der Waals surface area contributed by atoms with Gasteiger partial charge in [0.1, 0.15) is 0 Å². The minimum Gasteiger partial charge on any atom is -0.336 e. The van der Waals surface area contributed by atoms with E-state index in [4.69, 9.17) is 11.6 Å². The molecule has 1 aliphatic heterocycles. The van der Waals surface area contributed by atoms with Crippen LogP contribution in [-0.2, 0) is 13.5 Å². The highest BCUT2D eigenvalue weighted by atomic mass is 35.5. The van der Waals surface area contributed by atoms with Crippen LogP contribution in [0.3, 0.4) is 0 Å². The van der Waals surface area contributed by atoms with Gasteiger partial charge in [0.15, 0.2) is 5.82 Å². The van der Waals surface area contributed by atoms with Gasteiger partial charge in [-0.15, -0.1) is 0 Å². The number of hydrogen-bond acceptors (Lipinski definition) is 2. The van der Waals surface area contributed by atoms with Crippen LogP contribution in [0.25, 0.3) is 0 Å². The van der Waals surface area contributed by atoms with E-state index in [1.54, 1.807) is 17.0 Å². The monoisotopic (exact) mass is 303 g/mol. The second-order valence-corrected chi connectivity index (χ2v) is 6.03. The number of hydrogen-bond donors (Lipinski definition) is 0. The predicted molar refractivity (Wildman–Crippen MR) is 82.4 cm³/mol. The Morgan fingerprint density at radius 3 is 2.81 bits per heavy atom. The Kier molecular flexibility index (Phi) is 3.97. The van der Waals surface area contributed by atoms with E-state index in [0.717, 1.165) is 31.0 Å². The highest BCUT2D eigenvalue weighted by molar-refractivity contribution is 6.30. The number of halogens is 1. The van der Waals surface area contributed by atoms with Crippen LogP contribution in [0.15, 0.2) is 36.7 Å². The number of benzene rings is 1. The number of carbonyl (C=O) groups excluding carboxylic acids is 1. The molecule has 0 N–H and O–H groups in total. The number of carbonyl (C=O) groups is 1. The van der Waals surface area contributed by atoms with Crippen molar-refractivity contribution < 1.29 is 4.79 Å². The molecule has 21 heavy (non-hydrogen) atoms. The van der Waals surface area contributed by atoms with E-state index in [9.17, 15) is 4.79 Å². The third-order valence-corrected chi connectivity index (χ3v) is 4.28. The fourth-order valence-electron chi connectivity index (χ4n) is 2.85. The molecular formula is C16H18ClN3O. The SMILES string of the molecule is Cn1ccnc1C(=O)N1CCC(Cc2ccc(Cl)cc2)C1. The quantitative estimate of drug-likeness (QED) is 0.874. The standard InChI is InChI=1S/C16H18ClN3O/c1-19-9-7-18-15(19)16(21)20-8-6-13(11-20)10-12-2-4-14(17)5-3-12/h2-5,7,9,13H,6,8,10-11H2,1H3.